The van der Waals surface area contributed by atoms with Crippen LogP contribution in [0.2, 0.25) is 0 Å². The monoisotopic (exact) mass is 382 g/mol. The Hall–Kier alpha value is -3.72. The highest BCUT2D eigenvalue weighted by molar-refractivity contribution is 5.81. The van der Waals surface area contributed by atoms with Crippen LogP contribution in [0.4, 0.5) is 0 Å². The van der Waals surface area contributed by atoms with Gasteiger partial charge in [0.05, 0.1) is 6.61 Å². The van der Waals surface area contributed by atoms with Crippen molar-refractivity contribution in [2.24, 2.45) is 0 Å². The van der Waals surface area contributed by atoms with Crippen molar-refractivity contribution in [2.45, 2.75) is 6.92 Å². The molecule has 0 atom stereocenters. The maximum atomic E-state index is 9.63. The maximum absolute atomic E-state index is 9.63. The molecule has 0 aromatic heterocycles. The van der Waals surface area contributed by atoms with Crippen LogP contribution in [0.1, 0.15) is 6.92 Å². The summed E-state index contributed by atoms with van der Waals surface area (Å²) in [7, 11) is 0. The zero-order valence-corrected chi connectivity index (χ0v) is 16.2. The summed E-state index contributed by atoms with van der Waals surface area (Å²) in [6, 6.07) is 28.9. The van der Waals surface area contributed by atoms with E-state index >= 15 is 0 Å². The molecule has 0 spiro atoms. The molecule has 4 rings (SSSR count). The van der Waals surface area contributed by atoms with Crippen molar-refractivity contribution in [2.75, 3.05) is 6.61 Å². The molecule has 3 nitrogen and oxygen atoms in total. The van der Waals surface area contributed by atoms with Gasteiger partial charge in [0.2, 0.25) is 0 Å². The van der Waals surface area contributed by atoms with E-state index in [2.05, 4.69) is 30.3 Å². The molecule has 29 heavy (non-hydrogen) atoms. The third-order valence-corrected chi connectivity index (χ3v) is 4.83. The molecule has 2 N–H and O–H groups in total. The predicted molar refractivity (Wildman–Crippen MR) is 117 cm³/mol. The second kappa shape index (κ2) is 8.11. The highest BCUT2D eigenvalue weighted by atomic mass is 16.5. The van der Waals surface area contributed by atoms with E-state index in [9.17, 15) is 10.2 Å². The van der Waals surface area contributed by atoms with Gasteiger partial charge in [-0.15, -0.1) is 0 Å². The molecular weight excluding hydrogens is 360 g/mol. The molecule has 0 fully saturated rings. The first-order valence-corrected chi connectivity index (χ1v) is 9.59. The molecule has 0 unspecified atom stereocenters. The first-order valence-electron chi connectivity index (χ1n) is 9.59. The van der Waals surface area contributed by atoms with Crippen molar-refractivity contribution in [1.29, 1.82) is 0 Å². The van der Waals surface area contributed by atoms with Crippen LogP contribution in [0, 0.1) is 0 Å². The second-order valence-electron chi connectivity index (χ2n) is 6.85. The molecule has 0 amide bonds. The summed E-state index contributed by atoms with van der Waals surface area (Å²) >= 11 is 0. The molecule has 4 aromatic carbocycles. The van der Waals surface area contributed by atoms with Crippen LogP contribution in [0.5, 0.6) is 17.2 Å². The van der Waals surface area contributed by atoms with Gasteiger partial charge in [-0.05, 0) is 94.9 Å². The number of rotatable bonds is 5. The average molecular weight is 382 g/mol. The summed E-state index contributed by atoms with van der Waals surface area (Å²) in [6.07, 6.45) is 0. The Morgan fingerprint density at radius 2 is 0.862 bits per heavy atom. The van der Waals surface area contributed by atoms with Crippen molar-refractivity contribution >= 4 is 0 Å². The summed E-state index contributed by atoms with van der Waals surface area (Å²) in [5, 5.41) is 19.3. The number of ether oxygens (including phenoxy) is 1. The zero-order valence-electron chi connectivity index (χ0n) is 16.2. The smallest absolute Gasteiger partial charge is 0.119 e. The van der Waals surface area contributed by atoms with Crippen molar-refractivity contribution in [3.05, 3.63) is 91.0 Å². The molecule has 0 saturated carbocycles. The fourth-order valence-corrected chi connectivity index (χ4v) is 3.35. The van der Waals surface area contributed by atoms with Gasteiger partial charge in [0.1, 0.15) is 17.2 Å². The maximum Gasteiger partial charge on any atom is 0.119 e. The third-order valence-electron chi connectivity index (χ3n) is 4.83. The molecular formula is C26H22O3. The van der Waals surface area contributed by atoms with Crippen molar-refractivity contribution in [3.8, 4) is 50.6 Å². The standard InChI is InChI=1S/C26H22O3/c1-2-29-26-13-7-20(8-14-26)23-16-21(18-3-9-24(27)10-4-18)15-22(17-23)19-5-11-25(28)12-6-19/h3-17,27-28H,2H2,1H3. The predicted octanol–water partition coefficient (Wildman–Crippen LogP) is 6.50. The number of benzene rings is 4. The Kier molecular flexibility index (Phi) is 5.21. The second-order valence-corrected chi connectivity index (χ2v) is 6.85. The molecule has 0 bridgehead atoms. The van der Waals surface area contributed by atoms with E-state index in [0.717, 1.165) is 39.1 Å². The first kappa shape index (κ1) is 18.6. The minimum atomic E-state index is 0.246. The number of hydrogen-bond acceptors (Lipinski definition) is 3. The fourth-order valence-electron chi connectivity index (χ4n) is 3.35. The number of phenolic OH excluding ortho intramolecular Hbond substituents is 2. The van der Waals surface area contributed by atoms with Crippen LogP contribution in [-0.2, 0) is 0 Å². The Labute approximate surface area is 170 Å². The van der Waals surface area contributed by atoms with Gasteiger partial charge >= 0.3 is 0 Å². The largest absolute Gasteiger partial charge is 0.508 e. The molecule has 3 heteroatoms. The van der Waals surface area contributed by atoms with Crippen LogP contribution in [0.25, 0.3) is 33.4 Å². The van der Waals surface area contributed by atoms with Gasteiger partial charge in [-0.2, -0.15) is 0 Å². The van der Waals surface area contributed by atoms with Gasteiger partial charge in [-0.25, -0.2) is 0 Å². The molecule has 0 radical (unpaired) electrons. The van der Waals surface area contributed by atoms with Crippen LogP contribution < -0.4 is 4.74 Å². The quantitative estimate of drug-likeness (QED) is 0.414. The van der Waals surface area contributed by atoms with E-state index in [1.54, 1.807) is 24.3 Å². The summed E-state index contributed by atoms with van der Waals surface area (Å²) in [4.78, 5) is 0. The molecule has 0 saturated heterocycles. The lowest BCUT2D eigenvalue weighted by atomic mass is 9.93. The van der Waals surface area contributed by atoms with E-state index < -0.39 is 0 Å². The molecule has 4 aromatic rings. The summed E-state index contributed by atoms with van der Waals surface area (Å²) in [5.74, 6) is 1.34. The number of aromatic hydroxyl groups is 2. The van der Waals surface area contributed by atoms with Gasteiger partial charge in [0.15, 0.2) is 0 Å². The topological polar surface area (TPSA) is 49.7 Å². The van der Waals surface area contributed by atoms with E-state index in [1.165, 1.54) is 0 Å². The summed E-state index contributed by atoms with van der Waals surface area (Å²) in [5.41, 5.74) is 6.33. The summed E-state index contributed by atoms with van der Waals surface area (Å²) in [6.45, 7) is 2.61. The molecule has 0 aliphatic heterocycles. The number of phenols is 2. The van der Waals surface area contributed by atoms with Gasteiger partial charge in [-0.1, -0.05) is 36.4 Å². The minimum absolute atomic E-state index is 0.246. The lowest BCUT2D eigenvalue weighted by Gasteiger charge is -2.12. The molecule has 0 aliphatic carbocycles. The van der Waals surface area contributed by atoms with Crippen molar-refractivity contribution in [3.63, 3.8) is 0 Å². The Bertz CT molecular complexity index is 1030. The van der Waals surface area contributed by atoms with E-state index in [4.69, 9.17) is 4.74 Å². The lowest BCUT2D eigenvalue weighted by molar-refractivity contribution is 0.340. The fraction of sp³-hybridized carbons (Fsp3) is 0.0769. The van der Waals surface area contributed by atoms with Crippen LogP contribution in [-0.4, -0.2) is 16.8 Å². The first-order chi connectivity index (χ1) is 14.1. The minimum Gasteiger partial charge on any atom is -0.508 e. The van der Waals surface area contributed by atoms with E-state index in [1.807, 2.05) is 43.3 Å². The highest BCUT2D eigenvalue weighted by Gasteiger charge is 2.08. The Balaban J connectivity index is 1.83. The SMILES string of the molecule is CCOc1ccc(-c2cc(-c3ccc(O)cc3)cc(-c3ccc(O)cc3)c2)cc1. The Morgan fingerprint density at radius 3 is 1.21 bits per heavy atom. The average Bonchev–Trinajstić information content (AvgIpc) is 2.75. The van der Waals surface area contributed by atoms with E-state index in [-0.39, 0.29) is 11.5 Å². The highest BCUT2D eigenvalue weighted by Crippen LogP contribution is 2.34. The number of hydrogen-bond donors (Lipinski definition) is 2. The van der Waals surface area contributed by atoms with Crippen LogP contribution in [0.15, 0.2) is 91.0 Å². The molecule has 0 aliphatic rings. The van der Waals surface area contributed by atoms with Gasteiger partial charge in [0, 0.05) is 0 Å². The lowest BCUT2D eigenvalue weighted by Crippen LogP contribution is -1.91. The molecule has 144 valence electrons. The van der Waals surface area contributed by atoms with Gasteiger partial charge < -0.3 is 14.9 Å². The van der Waals surface area contributed by atoms with Gasteiger partial charge in [0.25, 0.3) is 0 Å². The van der Waals surface area contributed by atoms with Gasteiger partial charge in [-0.3, -0.25) is 0 Å². The normalized spacial score (nSPS) is 10.7. The Morgan fingerprint density at radius 1 is 0.517 bits per heavy atom. The van der Waals surface area contributed by atoms with E-state index in [0.29, 0.717) is 6.61 Å². The van der Waals surface area contributed by atoms with Crippen LogP contribution in [0.3, 0.4) is 0 Å². The molecule has 0 heterocycles. The van der Waals surface area contributed by atoms with Crippen molar-refractivity contribution in [1.82, 2.24) is 0 Å². The van der Waals surface area contributed by atoms with Crippen LogP contribution >= 0.6 is 0 Å². The summed E-state index contributed by atoms with van der Waals surface area (Å²) < 4.78 is 5.56. The third kappa shape index (κ3) is 4.25. The van der Waals surface area contributed by atoms with Crippen molar-refractivity contribution < 1.29 is 14.9 Å². The zero-order chi connectivity index (χ0) is 20.2.